The second kappa shape index (κ2) is 7.72. The fourth-order valence-electron chi connectivity index (χ4n) is 1.44. The van der Waals surface area contributed by atoms with Crippen LogP contribution in [-0.2, 0) is 0 Å². The molecule has 1 aromatic rings. The quantitative estimate of drug-likeness (QED) is 0.684. The molecule has 1 aromatic carbocycles. The Morgan fingerprint density at radius 3 is 2.19 bits per heavy atom. The second-order valence-electron chi connectivity index (χ2n) is 4.19. The summed E-state index contributed by atoms with van der Waals surface area (Å²) in [6, 6.07) is 7.77. The van der Waals surface area contributed by atoms with Crippen LogP contribution in [0.25, 0.3) is 0 Å². The maximum atomic E-state index is 13.2. The summed E-state index contributed by atoms with van der Waals surface area (Å²) in [4.78, 5) is 11.6. The molecular formula is C13H12F6OS. The number of halogens is 6. The van der Waals surface area contributed by atoms with Gasteiger partial charge in [-0.15, -0.1) is 0 Å². The summed E-state index contributed by atoms with van der Waals surface area (Å²) in [5, 5.41) is -0.507. The molecule has 1 rings (SSSR count). The van der Waals surface area contributed by atoms with Crippen molar-refractivity contribution in [3.05, 3.63) is 35.9 Å². The molecule has 0 saturated carbocycles. The van der Waals surface area contributed by atoms with Gasteiger partial charge < -0.3 is 0 Å². The summed E-state index contributed by atoms with van der Waals surface area (Å²) in [6.07, 6.45) is -12.2. The number of carbonyl (C=O) groups is 1. The Bertz CT molecular complexity index is 453. The van der Waals surface area contributed by atoms with Crippen molar-refractivity contribution in [2.75, 3.05) is 5.75 Å². The number of hydrogen-bond acceptors (Lipinski definition) is 2. The lowest BCUT2D eigenvalue weighted by Crippen LogP contribution is -2.41. The van der Waals surface area contributed by atoms with Crippen LogP contribution >= 0.6 is 11.8 Å². The first kappa shape index (κ1) is 17.9. The number of hydrogen-bond donors (Lipinski definition) is 0. The first-order valence-electron chi connectivity index (χ1n) is 5.92. The maximum absolute atomic E-state index is 13.2. The molecule has 0 spiro atoms. The monoisotopic (exact) mass is 330 g/mol. The minimum atomic E-state index is -4.25. The van der Waals surface area contributed by atoms with Crippen molar-refractivity contribution in [2.24, 2.45) is 0 Å². The van der Waals surface area contributed by atoms with Crippen molar-refractivity contribution in [3.8, 4) is 0 Å². The SMILES string of the molecule is O=C(SCCC(F)(F)C(F)C(F)C(F)F)c1ccccc1. The van der Waals surface area contributed by atoms with Gasteiger partial charge in [0.05, 0.1) is 0 Å². The minimum absolute atomic E-state index is 0.276. The third-order valence-electron chi connectivity index (χ3n) is 2.60. The number of rotatable bonds is 7. The maximum Gasteiger partial charge on any atom is 0.282 e. The molecule has 0 aliphatic heterocycles. The standard InChI is InChI=1S/C13H12F6OS/c14-9(11(16)17)10(15)13(18,19)6-7-21-12(20)8-4-2-1-3-5-8/h1-5,9-11H,6-7H2. The lowest BCUT2D eigenvalue weighted by Gasteiger charge is -2.22. The van der Waals surface area contributed by atoms with Gasteiger partial charge in [0.15, 0.2) is 12.3 Å². The van der Waals surface area contributed by atoms with Crippen LogP contribution in [0.4, 0.5) is 26.3 Å². The predicted octanol–water partition coefficient (Wildman–Crippen LogP) is 4.53. The van der Waals surface area contributed by atoms with Crippen molar-refractivity contribution < 1.29 is 31.1 Å². The van der Waals surface area contributed by atoms with Gasteiger partial charge >= 0.3 is 0 Å². The molecule has 8 heteroatoms. The summed E-state index contributed by atoms with van der Waals surface area (Å²) in [7, 11) is 0. The Morgan fingerprint density at radius 1 is 1.10 bits per heavy atom. The topological polar surface area (TPSA) is 17.1 Å². The minimum Gasteiger partial charge on any atom is -0.282 e. The van der Waals surface area contributed by atoms with Crippen LogP contribution in [0.15, 0.2) is 30.3 Å². The number of alkyl halides is 6. The molecule has 0 N–H and O–H groups in total. The fourth-order valence-corrected chi connectivity index (χ4v) is 2.30. The van der Waals surface area contributed by atoms with Crippen molar-refractivity contribution in [1.82, 2.24) is 0 Å². The average Bonchev–Trinajstić information content (AvgIpc) is 2.46. The van der Waals surface area contributed by atoms with Gasteiger partial charge in [0.2, 0.25) is 5.12 Å². The van der Waals surface area contributed by atoms with E-state index >= 15 is 0 Å². The van der Waals surface area contributed by atoms with E-state index in [9.17, 15) is 31.1 Å². The molecule has 0 amide bonds. The summed E-state index contributed by atoms with van der Waals surface area (Å²) in [6.45, 7) is 0. The Morgan fingerprint density at radius 2 is 1.67 bits per heavy atom. The third kappa shape index (κ3) is 5.26. The zero-order valence-electron chi connectivity index (χ0n) is 10.6. The van der Waals surface area contributed by atoms with Crippen LogP contribution in [-0.4, -0.2) is 35.6 Å². The van der Waals surface area contributed by atoms with E-state index in [1.165, 1.54) is 12.1 Å². The van der Waals surface area contributed by atoms with E-state index in [2.05, 4.69) is 0 Å². The highest BCUT2D eigenvalue weighted by molar-refractivity contribution is 8.14. The third-order valence-corrected chi connectivity index (χ3v) is 3.51. The Hall–Kier alpha value is -1.18. The molecule has 0 saturated heterocycles. The average molecular weight is 330 g/mol. The summed E-state index contributed by atoms with van der Waals surface area (Å²) in [5.74, 6) is -4.75. The van der Waals surface area contributed by atoms with Crippen LogP contribution in [0.1, 0.15) is 16.8 Å². The van der Waals surface area contributed by atoms with Gasteiger partial charge in [-0.25, -0.2) is 26.3 Å². The van der Waals surface area contributed by atoms with Gasteiger partial charge in [0, 0.05) is 17.7 Å². The smallest absolute Gasteiger partial charge is 0.282 e. The van der Waals surface area contributed by atoms with E-state index in [0.29, 0.717) is 11.8 Å². The Kier molecular flexibility index (Phi) is 6.57. The number of carbonyl (C=O) groups excluding carboxylic acids is 1. The van der Waals surface area contributed by atoms with Crippen molar-refractivity contribution in [3.63, 3.8) is 0 Å². The largest absolute Gasteiger partial charge is 0.282 e. The number of thioether (sulfide) groups is 1. The van der Waals surface area contributed by atoms with Gasteiger partial charge in [0.1, 0.15) is 0 Å². The van der Waals surface area contributed by atoms with E-state index < -0.39 is 42.0 Å². The highest BCUT2D eigenvalue weighted by atomic mass is 32.2. The first-order valence-corrected chi connectivity index (χ1v) is 6.90. The molecule has 0 bridgehead atoms. The molecule has 2 atom stereocenters. The predicted molar refractivity (Wildman–Crippen MR) is 68.6 cm³/mol. The molecule has 0 aliphatic carbocycles. The van der Waals surface area contributed by atoms with Crippen molar-refractivity contribution in [1.29, 1.82) is 0 Å². The molecule has 2 unspecified atom stereocenters. The first-order chi connectivity index (χ1) is 9.75. The fraction of sp³-hybridized carbons (Fsp3) is 0.462. The molecule has 0 aliphatic rings. The summed E-state index contributed by atoms with van der Waals surface area (Å²) in [5.41, 5.74) is 0.276. The molecular weight excluding hydrogens is 318 g/mol. The van der Waals surface area contributed by atoms with Gasteiger partial charge in [0.25, 0.3) is 12.3 Å². The lowest BCUT2D eigenvalue weighted by atomic mass is 10.1. The van der Waals surface area contributed by atoms with Crippen LogP contribution in [0.3, 0.4) is 0 Å². The highest BCUT2D eigenvalue weighted by Gasteiger charge is 2.48. The van der Waals surface area contributed by atoms with E-state index in [0.717, 1.165) is 0 Å². The van der Waals surface area contributed by atoms with Crippen molar-refractivity contribution in [2.45, 2.75) is 31.1 Å². The lowest BCUT2D eigenvalue weighted by molar-refractivity contribution is -0.127. The van der Waals surface area contributed by atoms with Gasteiger partial charge in [-0.05, 0) is 0 Å². The van der Waals surface area contributed by atoms with Crippen molar-refractivity contribution >= 4 is 16.9 Å². The van der Waals surface area contributed by atoms with Crippen LogP contribution in [0.5, 0.6) is 0 Å². The van der Waals surface area contributed by atoms with Crippen LogP contribution in [0.2, 0.25) is 0 Å². The molecule has 0 radical (unpaired) electrons. The van der Waals surface area contributed by atoms with E-state index in [4.69, 9.17) is 0 Å². The van der Waals surface area contributed by atoms with E-state index in [1.807, 2.05) is 0 Å². The summed E-state index contributed by atoms with van der Waals surface area (Å²) < 4.78 is 75.7. The normalized spacial score (nSPS) is 15.0. The van der Waals surface area contributed by atoms with Gasteiger partial charge in [-0.3, -0.25) is 4.79 Å². The molecule has 0 aromatic heterocycles. The van der Waals surface area contributed by atoms with E-state index in [1.54, 1.807) is 18.2 Å². The Balaban J connectivity index is 2.49. The second-order valence-corrected chi connectivity index (χ2v) is 5.26. The Labute approximate surface area is 121 Å². The van der Waals surface area contributed by atoms with Gasteiger partial charge in [-0.2, -0.15) is 0 Å². The van der Waals surface area contributed by atoms with Crippen LogP contribution < -0.4 is 0 Å². The summed E-state index contributed by atoms with van der Waals surface area (Å²) >= 11 is 0.498. The highest BCUT2D eigenvalue weighted by Crippen LogP contribution is 2.33. The molecule has 0 fully saturated rings. The molecule has 21 heavy (non-hydrogen) atoms. The zero-order valence-corrected chi connectivity index (χ0v) is 11.4. The molecule has 1 nitrogen and oxygen atoms in total. The number of benzene rings is 1. The molecule has 0 heterocycles. The van der Waals surface area contributed by atoms with Gasteiger partial charge in [-0.1, -0.05) is 42.1 Å². The molecule has 118 valence electrons. The van der Waals surface area contributed by atoms with Crippen LogP contribution in [0, 0.1) is 0 Å². The van der Waals surface area contributed by atoms with E-state index in [-0.39, 0.29) is 5.56 Å². The zero-order chi connectivity index (χ0) is 16.0.